The third-order valence-corrected chi connectivity index (χ3v) is 2.37. The fourth-order valence-corrected chi connectivity index (χ4v) is 1.49. The van der Waals surface area contributed by atoms with Crippen LogP contribution in [0.4, 0.5) is 4.79 Å². The molecule has 0 spiro atoms. The number of nitrogens with one attached hydrogen (secondary N) is 1. The van der Waals surface area contributed by atoms with Crippen molar-refractivity contribution >= 4 is 6.09 Å². The Hall–Kier alpha value is -2.86. The average molecular weight is 302 g/mol. The van der Waals surface area contributed by atoms with Crippen molar-refractivity contribution in [2.75, 3.05) is 13.7 Å². The Bertz CT molecular complexity index is 658. The summed E-state index contributed by atoms with van der Waals surface area (Å²) in [6.07, 6.45) is -0.575. The second kappa shape index (κ2) is 7.24. The number of phenolic OH excluding ortho intramolecular Hbond substituents is 1. The van der Waals surface area contributed by atoms with Crippen LogP contribution in [0.2, 0.25) is 0 Å². The summed E-state index contributed by atoms with van der Waals surface area (Å²) in [6, 6.07) is 4.81. The van der Waals surface area contributed by atoms with E-state index < -0.39 is 11.7 Å². The fourth-order valence-electron chi connectivity index (χ4n) is 1.49. The lowest BCUT2D eigenvalue weighted by Gasteiger charge is -2.19. The maximum absolute atomic E-state index is 11.4. The number of hydrogen-bond donors (Lipinski definition) is 2. The quantitative estimate of drug-likeness (QED) is 0.817. The number of aromatic hydroxyl groups is 1. The maximum atomic E-state index is 11.4. The van der Waals surface area contributed by atoms with Crippen LogP contribution in [0.25, 0.3) is 0 Å². The van der Waals surface area contributed by atoms with Gasteiger partial charge in [0.25, 0.3) is 0 Å². The highest BCUT2D eigenvalue weighted by atomic mass is 16.6. The molecule has 1 rings (SSSR count). The highest BCUT2D eigenvalue weighted by molar-refractivity contribution is 5.68. The molecule has 0 unspecified atom stereocenters. The van der Waals surface area contributed by atoms with Crippen LogP contribution in [-0.2, 0) is 4.74 Å². The molecule has 1 aromatic rings. The molecule has 6 nitrogen and oxygen atoms in total. The molecule has 0 heterocycles. The van der Waals surface area contributed by atoms with Gasteiger partial charge in [-0.3, -0.25) is 0 Å². The summed E-state index contributed by atoms with van der Waals surface area (Å²) >= 11 is 0. The van der Waals surface area contributed by atoms with E-state index in [0.29, 0.717) is 5.56 Å². The van der Waals surface area contributed by atoms with E-state index in [1.54, 1.807) is 20.8 Å². The zero-order chi connectivity index (χ0) is 16.8. The van der Waals surface area contributed by atoms with Crippen LogP contribution in [0.5, 0.6) is 11.5 Å². The van der Waals surface area contributed by atoms with Crippen LogP contribution in [0.3, 0.4) is 0 Å². The van der Waals surface area contributed by atoms with Gasteiger partial charge in [0.15, 0.2) is 11.5 Å². The summed E-state index contributed by atoms with van der Waals surface area (Å²) in [5, 5.41) is 21.3. The van der Waals surface area contributed by atoms with Crippen LogP contribution in [-0.4, -0.2) is 30.5 Å². The molecule has 0 atom stereocenters. The lowest BCUT2D eigenvalue weighted by molar-refractivity contribution is 0.0535. The third-order valence-electron chi connectivity index (χ3n) is 2.37. The molecular weight excluding hydrogens is 284 g/mol. The van der Waals surface area contributed by atoms with Crippen molar-refractivity contribution in [3.63, 3.8) is 0 Å². The van der Waals surface area contributed by atoms with Gasteiger partial charge in [-0.1, -0.05) is 11.8 Å². The van der Waals surface area contributed by atoms with E-state index in [1.807, 2.05) is 6.07 Å². The number of carbonyl (C=O) groups is 1. The monoisotopic (exact) mass is 302 g/mol. The SMILES string of the molecule is COc1cc(C#N)cc(C#CCNC(=O)OC(C)(C)C)c1O. The molecule has 0 saturated heterocycles. The van der Waals surface area contributed by atoms with E-state index in [1.165, 1.54) is 19.2 Å². The first-order valence-electron chi connectivity index (χ1n) is 6.53. The summed E-state index contributed by atoms with van der Waals surface area (Å²) in [5.74, 6) is 5.38. The molecule has 0 bridgehead atoms. The summed E-state index contributed by atoms with van der Waals surface area (Å²) in [5.41, 5.74) is -0.00878. The van der Waals surface area contributed by atoms with Crippen LogP contribution in [0.15, 0.2) is 12.1 Å². The topological polar surface area (TPSA) is 91.6 Å². The van der Waals surface area contributed by atoms with Gasteiger partial charge in [0.2, 0.25) is 0 Å². The van der Waals surface area contributed by atoms with Gasteiger partial charge >= 0.3 is 6.09 Å². The van der Waals surface area contributed by atoms with Crippen LogP contribution >= 0.6 is 0 Å². The van der Waals surface area contributed by atoms with Crippen molar-refractivity contribution < 1.29 is 19.4 Å². The van der Waals surface area contributed by atoms with Crippen LogP contribution in [0, 0.1) is 23.2 Å². The first kappa shape index (κ1) is 17.2. The number of nitrogens with zero attached hydrogens (tertiary/aromatic N) is 1. The lowest BCUT2D eigenvalue weighted by Crippen LogP contribution is -2.32. The molecule has 0 aliphatic heterocycles. The van der Waals surface area contributed by atoms with Crippen molar-refractivity contribution in [3.05, 3.63) is 23.3 Å². The molecule has 0 aliphatic carbocycles. The molecule has 0 aliphatic rings. The van der Waals surface area contributed by atoms with Crippen molar-refractivity contribution in [2.24, 2.45) is 0 Å². The number of amides is 1. The number of rotatable bonds is 2. The van der Waals surface area contributed by atoms with Crippen molar-refractivity contribution in [1.82, 2.24) is 5.32 Å². The molecule has 0 fully saturated rings. The van der Waals surface area contributed by atoms with Gasteiger partial charge in [0, 0.05) is 6.07 Å². The summed E-state index contributed by atoms with van der Waals surface area (Å²) in [6.45, 7) is 5.33. The first-order valence-corrected chi connectivity index (χ1v) is 6.53. The summed E-state index contributed by atoms with van der Waals surface area (Å²) in [7, 11) is 1.39. The fraction of sp³-hybridized carbons (Fsp3) is 0.375. The largest absolute Gasteiger partial charge is 0.503 e. The Morgan fingerprint density at radius 1 is 1.41 bits per heavy atom. The molecule has 0 saturated carbocycles. The Balaban J connectivity index is 2.77. The lowest BCUT2D eigenvalue weighted by atomic mass is 10.1. The predicted molar refractivity (Wildman–Crippen MR) is 80.5 cm³/mol. The molecular formula is C16H18N2O4. The number of nitriles is 1. The third kappa shape index (κ3) is 5.26. The second-order valence-electron chi connectivity index (χ2n) is 5.34. The van der Waals surface area contributed by atoms with E-state index in [-0.39, 0.29) is 23.6 Å². The van der Waals surface area contributed by atoms with Gasteiger partial charge in [-0.25, -0.2) is 4.79 Å². The Kier molecular flexibility index (Phi) is 5.65. The number of phenols is 1. The molecule has 2 N–H and O–H groups in total. The molecule has 6 heteroatoms. The van der Waals surface area contributed by atoms with Gasteiger partial charge < -0.3 is 19.9 Å². The minimum atomic E-state index is -0.579. The number of carbonyl (C=O) groups excluding carboxylic acids is 1. The molecule has 116 valence electrons. The Labute approximate surface area is 129 Å². The van der Waals surface area contributed by atoms with E-state index in [2.05, 4.69) is 17.2 Å². The van der Waals surface area contributed by atoms with Crippen molar-refractivity contribution in [1.29, 1.82) is 5.26 Å². The van der Waals surface area contributed by atoms with Gasteiger partial charge in [0.05, 0.1) is 30.9 Å². The van der Waals surface area contributed by atoms with Crippen molar-refractivity contribution in [2.45, 2.75) is 26.4 Å². The highest BCUT2D eigenvalue weighted by Gasteiger charge is 2.15. The number of hydrogen-bond acceptors (Lipinski definition) is 5. The zero-order valence-electron chi connectivity index (χ0n) is 13.0. The van der Waals surface area contributed by atoms with Gasteiger partial charge in [-0.2, -0.15) is 5.26 Å². The standard InChI is InChI=1S/C16H18N2O4/c1-16(2,3)22-15(20)18-7-5-6-12-8-11(10-17)9-13(21-4)14(12)19/h8-9,19H,7H2,1-4H3,(H,18,20). The summed E-state index contributed by atoms with van der Waals surface area (Å²) in [4.78, 5) is 11.4. The first-order chi connectivity index (χ1) is 10.3. The molecule has 1 amide bonds. The summed E-state index contributed by atoms with van der Waals surface area (Å²) < 4.78 is 10.0. The van der Waals surface area contributed by atoms with Gasteiger partial charge in [-0.15, -0.1) is 0 Å². The number of benzene rings is 1. The Morgan fingerprint density at radius 3 is 2.64 bits per heavy atom. The molecule has 22 heavy (non-hydrogen) atoms. The van der Waals surface area contributed by atoms with Crippen molar-refractivity contribution in [3.8, 4) is 29.4 Å². The second-order valence-corrected chi connectivity index (χ2v) is 5.34. The minimum absolute atomic E-state index is 0.0491. The molecule has 1 aromatic carbocycles. The Morgan fingerprint density at radius 2 is 2.09 bits per heavy atom. The number of ether oxygens (including phenoxy) is 2. The van der Waals surface area contributed by atoms with Crippen LogP contribution in [0.1, 0.15) is 31.9 Å². The highest BCUT2D eigenvalue weighted by Crippen LogP contribution is 2.30. The predicted octanol–water partition coefficient (Wildman–Crippen LogP) is 2.15. The van der Waals surface area contributed by atoms with E-state index in [4.69, 9.17) is 14.7 Å². The number of methoxy groups -OCH3 is 1. The smallest absolute Gasteiger partial charge is 0.408 e. The van der Waals surface area contributed by atoms with E-state index >= 15 is 0 Å². The van der Waals surface area contributed by atoms with E-state index in [0.717, 1.165) is 0 Å². The number of alkyl carbamates (subject to hydrolysis) is 1. The minimum Gasteiger partial charge on any atom is -0.503 e. The van der Waals surface area contributed by atoms with Gasteiger partial charge in [-0.05, 0) is 26.8 Å². The molecule has 0 aromatic heterocycles. The maximum Gasteiger partial charge on any atom is 0.408 e. The van der Waals surface area contributed by atoms with Gasteiger partial charge in [0.1, 0.15) is 5.60 Å². The molecule has 0 radical (unpaired) electrons. The normalized spacial score (nSPS) is 9.95. The van der Waals surface area contributed by atoms with Crippen LogP contribution < -0.4 is 10.1 Å². The average Bonchev–Trinajstić information content (AvgIpc) is 2.43. The van der Waals surface area contributed by atoms with E-state index in [9.17, 15) is 9.90 Å². The zero-order valence-corrected chi connectivity index (χ0v) is 13.0.